The first kappa shape index (κ1) is 7.50. The van der Waals surface area contributed by atoms with Crippen LogP contribution < -0.4 is 5.32 Å². The van der Waals surface area contributed by atoms with Crippen molar-refractivity contribution in [3.63, 3.8) is 0 Å². The average molecular weight is 145 g/mol. The minimum absolute atomic E-state index is 0.336. The number of rotatable bonds is 1. The van der Waals surface area contributed by atoms with Gasteiger partial charge in [-0.15, -0.1) is 0 Å². The van der Waals surface area contributed by atoms with Crippen LogP contribution in [0.3, 0.4) is 0 Å². The molecule has 2 atom stereocenters. The van der Waals surface area contributed by atoms with Gasteiger partial charge in [0.15, 0.2) is 0 Å². The molecule has 0 spiro atoms. The van der Waals surface area contributed by atoms with E-state index in [0.29, 0.717) is 13.1 Å². The first-order chi connectivity index (χ1) is 4.75. The number of carbonyl (C=O) groups excluding carboxylic acids is 1. The van der Waals surface area contributed by atoms with Crippen molar-refractivity contribution in [3.05, 3.63) is 0 Å². The van der Waals surface area contributed by atoms with Gasteiger partial charge in [0.1, 0.15) is 0 Å². The summed E-state index contributed by atoms with van der Waals surface area (Å²) >= 11 is 0. The summed E-state index contributed by atoms with van der Waals surface area (Å²) in [6, 6.07) is 0. The summed E-state index contributed by atoms with van der Waals surface area (Å²) in [5.74, 6) is -0.706. The lowest BCUT2D eigenvalue weighted by Gasteiger charge is -2.08. The highest BCUT2D eigenvalue weighted by molar-refractivity contribution is 5.73. The molecule has 10 heavy (non-hydrogen) atoms. The second kappa shape index (κ2) is 2.98. The predicted octanol–water partition coefficient (Wildman–Crippen LogP) is -1.26. The van der Waals surface area contributed by atoms with E-state index in [-0.39, 0.29) is 11.9 Å². The topological polar surface area (TPSA) is 58.6 Å². The van der Waals surface area contributed by atoms with Crippen LogP contribution in [0.25, 0.3) is 0 Å². The third-order valence-corrected chi connectivity index (χ3v) is 1.69. The maximum Gasteiger partial charge on any atom is 0.312 e. The van der Waals surface area contributed by atoms with E-state index in [4.69, 9.17) is 5.11 Å². The first-order valence-electron chi connectivity index (χ1n) is 3.22. The summed E-state index contributed by atoms with van der Waals surface area (Å²) in [5, 5.41) is 12.0. The third-order valence-electron chi connectivity index (χ3n) is 1.69. The fourth-order valence-electron chi connectivity index (χ4n) is 1.06. The Hall–Kier alpha value is -0.610. The van der Waals surface area contributed by atoms with Crippen molar-refractivity contribution < 1.29 is 14.6 Å². The van der Waals surface area contributed by atoms with Crippen LogP contribution >= 0.6 is 0 Å². The van der Waals surface area contributed by atoms with Crippen molar-refractivity contribution >= 4 is 5.97 Å². The minimum atomic E-state index is -0.576. The summed E-state index contributed by atoms with van der Waals surface area (Å²) < 4.78 is 4.47. The van der Waals surface area contributed by atoms with Gasteiger partial charge in [-0.1, -0.05) is 0 Å². The molecule has 0 saturated carbocycles. The zero-order valence-electron chi connectivity index (χ0n) is 5.83. The fourth-order valence-corrected chi connectivity index (χ4v) is 1.06. The van der Waals surface area contributed by atoms with Gasteiger partial charge in [0.25, 0.3) is 0 Å². The van der Waals surface area contributed by atoms with E-state index in [9.17, 15) is 4.79 Å². The van der Waals surface area contributed by atoms with Crippen molar-refractivity contribution in [2.24, 2.45) is 5.92 Å². The minimum Gasteiger partial charge on any atom is -0.469 e. The van der Waals surface area contributed by atoms with Gasteiger partial charge in [-0.3, -0.25) is 4.79 Å². The smallest absolute Gasteiger partial charge is 0.312 e. The molecule has 1 heterocycles. The lowest BCUT2D eigenvalue weighted by atomic mass is 10.1. The van der Waals surface area contributed by atoms with E-state index in [1.54, 1.807) is 0 Å². The summed E-state index contributed by atoms with van der Waals surface area (Å²) in [7, 11) is 1.33. The standard InChI is InChI=1S/C6H11NO3/c1-10-6(9)4-2-7-3-5(4)8/h4-5,7-8H,2-3H2,1H3. The van der Waals surface area contributed by atoms with Gasteiger partial charge in [-0.05, 0) is 0 Å². The Balaban J connectivity index is 2.46. The molecule has 4 heteroatoms. The SMILES string of the molecule is COC(=O)C1CNCC1O. The molecule has 4 nitrogen and oxygen atoms in total. The summed E-state index contributed by atoms with van der Waals surface area (Å²) in [4.78, 5) is 10.8. The maximum absolute atomic E-state index is 10.8. The molecule has 1 fully saturated rings. The molecule has 0 aliphatic carbocycles. The van der Waals surface area contributed by atoms with E-state index < -0.39 is 6.10 Å². The van der Waals surface area contributed by atoms with E-state index in [0.717, 1.165) is 0 Å². The van der Waals surface area contributed by atoms with Crippen LogP contribution in [-0.2, 0) is 9.53 Å². The number of aliphatic hydroxyl groups excluding tert-OH is 1. The molecule has 0 bridgehead atoms. The van der Waals surface area contributed by atoms with Crippen LogP contribution in [0.15, 0.2) is 0 Å². The Morgan fingerprint density at radius 1 is 1.70 bits per heavy atom. The fraction of sp³-hybridized carbons (Fsp3) is 0.833. The molecule has 1 rings (SSSR count). The Labute approximate surface area is 59.2 Å². The highest BCUT2D eigenvalue weighted by atomic mass is 16.5. The molecule has 0 aromatic rings. The van der Waals surface area contributed by atoms with E-state index in [1.165, 1.54) is 7.11 Å². The van der Waals surface area contributed by atoms with Crippen LogP contribution in [0.4, 0.5) is 0 Å². The normalized spacial score (nSPS) is 32.2. The van der Waals surface area contributed by atoms with Gasteiger partial charge in [-0.25, -0.2) is 0 Å². The van der Waals surface area contributed by atoms with Crippen molar-refractivity contribution in [2.75, 3.05) is 20.2 Å². The maximum atomic E-state index is 10.8. The number of hydrogen-bond donors (Lipinski definition) is 2. The number of β-amino-alcohol motifs (C(OH)–C–C–N with tert-alkyl or cyclic N) is 1. The quantitative estimate of drug-likeness (QED) is 0.452. The van der Waals surface area contributed by atoms with E-state index in [2.05, 4.69) is 10.1 Å². The number of hydrogen-bond acceptors (Lipinski definition) is 4. The zero-order chi connectivity index (χ0) is 7.56. The Morgan fingerprint density at radius 3 is 2.80 bits per heavy atom. The third kappa shape index (κ3) is 1.27. The highest BCUT2D eigenvalue weighted by Crippen LogP contribution is 2.09. The summed E-state index contributed by atoms with van der Waals surface area (Å²) in [6.07, 6.45) is -0.576. The van der Waals surface area contributed by atoms with Gasteiger partial charge >= 0.3 is 5.97 Å². The number of nitrogens with one attached hydrogen (secondary N) is 1. The van der Waals surface area contributed by atoms with E-state index in [1.807, 2.05) is 0 Å². The molecule has 0 aromatic heterocycles. The van der Waals surface area contributed by atoms with Crippen molar-refractivity contribution in [1.29, 1.82) is 0 Å². The lowest BCUT2D eigenvalue weighted by molar-refractivity contribution is -0.147. The Morgan fingerprint density at radius 2 is 2.40 bits per heavy atom. The van der Waals surface area contributed by atoms with Crippen molar-refractivity contribution in [1.82, 2.24) is 5.32 Å². The van der Waals surface area contributed by atoms with E-state index >= 15 is 0 Å². The molecule has 1 saturated heterocycles. The predicted molar refractivity (Wildman–Crippen MR) is 34.4 cm³/mol. The molecule has 2 unspecified atom stereocenters. The summed E-state index contributed by atoms with van der Waals surface area (Å²) in [5.41, 5.74) is 0. The first-order valence-corrected chi connectivity index (χ1v) is 3.22. The molecular weight excluding hydrogens is 134 g/mol. The molecule has 0 amide bonds. The van der Waals surface area contributed by atoms with Gasteiger partial charge in [-0.2, -0.15) is 0 Å². The average Bonchev–Trinajstić information content (AvgIpc) is 2.34. The van der Waals surface area contributed by atoms with Crippen LogP contribution in [0.2, 0.25) is 0 Å². The van der Waals surface area contributed by atoms with Gasteiger partial charge in [0.05, 0.1) is 19.1 Å². The molecular formula is C6H11NO3. The van der Waals surface area contributed by atoms with Crippen LogP contribution in [0.1, 0.15) is 0 Å². The van der Waals surface area contributed by atoms with Gasteiger partial charge < -0.3 is 15.2 Å². The Bertz CT molecular complexity index is 137. The lowest BCUT2D eigenvalue weighted by Crippen LogP contribution is -2.27. The molecule has 58 valence electrons. The van der Waals surface area contributed by atoms with Crippen LogP contribution in [0, 0.1) is 5.92 Å². The molecule has 1 aliphatic rings. The van der Waals surface area contributed by atoms with Crippen LogP contribution in [0.5, 0.6) is 0 Å². The highest BCUT2D eigenvalue weighted by Gasteiger charge is 2.31. The van der Waals surface area contributed by atoms with Crippen molar-refractivity contribution in [2.45, 2.75) is 6.10 Å². The second-order valence-electron chi connectivity index (χ2n) is 2.36. The number of ether oxygens (including phenoxy) is 1. The number of aliphatic hydroxyl groups is 1. The Kier molecular flexibility index (Phi) is 2.24. The largest absolute Gasteiger partial charge is 0.469 e. The molecule has 1 aliphatic heterocycles. The number of carbonyl (C=O) groups is 1. The second-order valence-corrected chi connectivity index (χ2v) is 2.36. The molecule has 0 aromatic carbocycles. The zero-order valence-corrected chi connectivity index (χ0v) is 5.83. The van der Waals surface area contributed by atoms with Crippen LogP contribution in [-0.4, -0.2) is 37.4 Å². The monoisotopic (exact) mass is 145 g/mol. The van der Waals surface area contributed by atoms with Gasteiger partial charge in [0.2, 0.25) is 0 Å². The molecule has 2 N–H and O–H groups in total. The van der Waals surface area contributed by atoms with Crippen molar-refractivity contribution in [3.8, 4) is 0 Å². The number of methoxy groups -OCH3 is 1. The number of esters is 1. The summed E-state index contributed by atoms with van der Waals surface area (Å²) in [6.45, 7) is 1.01. The molecule has 0 radical (unpaired) electrons. The van der Waals surface area contributed by atoms with Gasteiger partial charge in [0, 0.05) is 13.1 Å².